The summed E-state index contributed by atoms with van der Waals surface area (Å²) in [5.41, 5.74) is 0.931. The molecule has 4 heteroatoms. The SMILES string of the molecule is CCN1CCC(N(C)c2c(F)cccc2C(C)=O)CC1. The fourth-order valence-electron chi connectivity index (χ4n) is 2.96. The van der Waals surface area contributed by atoms with Crippen LogP contribution >= 0.6 is 0 Å². The zero-order valence-electron chi connectivity index (χ0n) is 12.5. The van der Waals surface area contributed by atoms with E-state index >= 15 is 0 Å². The number of rotatable bonds is 4. The second kappa shape index (κ2) is 6.35. The van der Waals surface area contributed by atoms with Gasteiger partial charge in [0.25, 0.3) is 0 Å². The number of carbonyl (C=O) groups excluding carboxylic acids is 1. The Balaban J connectivity index is 2.21. The second-order valence-electron chi connectivity index (χ2n) is 5.47. The highest BCUT2D eigenvalue weighted by molar-refractivity contribution is 5.99. The van der Waals surface area contributed by atoms with Crippen molar-refractivity contribution in [3.63, 3.8) is 0 Å². The molecule has 0 spiro atoms. The first-order chi connectivity index (χ1) is 9.54. The molecule has 1 saturated heterocycles. The van der Waals surface area contributed by atoms with Crippen LogP contribution in [0.5, 0.6) is 0 Å². The Hall–Kier alpha value is -1.42. The third-order valence-corrected chi connectivity index (χ3v) is 4.27. The first kappa shape index (κ1) is 15.0. The number of anilines is 1. The summed E-state index contributed by atoms with van der Waals surface area (Å²) in [6, 6.07) is 5.04. The number of hydrogen-bond acceptors (Lipinski definition) is 3. The quantitative estimate of drug-likeness (QED) is 0.791. The van der Waals surface area contributed by atoms with Crippen molar-refractivity contribution >= 4 is 11.5 Å². The van der Waals surface area contributed by atoms with Crippen molar-refractivity contribution in [1.82, 2.24) is 4.90 Å². The standard InChI is InChI=1S/C16H23FN2O/c1-4-19-10-8-13(9-11-19)18(3)16-14(12(2)20)6-5-7-15(16)17/h5-7,13H,4,8-11H2,1-3H3. The molecule has 1 aromatic carbocycles. The molecule has 2 rings (SSSR count). The van der Waals surface area contributed by atoms with Crippen LogP contribution in [-0.4, -0.2) is 43.4 Å². The Morgan fingerprint density at radius 2 is 2.05 bits per heavy atom. The number of para-hydroxylation sites is 1. The fraction of sp³-hybridized carbons (Fsp3) is 0.562. The fourth-order valence-corrected chi connectivity index (χ4v) is 2.96. The van der Waals surface area contributed by atoms with E-state index in [1.165, 1.54) is 13.0 Å². The van der Waals surface area contributed by atoms with Gasteiger partial charge in [-0.2, -0.15) is 0 Å². The number of halogens is 1. The highest BCUT2D eigenvalue weighted by atomic mass is 19.1. The largest absolute Gasteiger partial charge is 0.369 e. The number of Topliss-reactive ketones (excluding diaryl/α,β-unsaturated/α-hetero) is 1. The first-order valence-corrected chi connectivity index (χ1v) is 7.29. The number of hydrogen-bond donors (Lipinski definition) is 0. The van der Waals surface area contributed by atoms with Crippen molar-refractivity contribution < 1.29 is 9.18 Å². The predicted molar refractivity (Wildman–Crippen MR) is 79.9 cm³/mol. The molecule has 1 aromatic rings. The van der Waals surface area contributed by atoms with Crippen molar-refractivity contribution in [2.45, 2.75) is 32.7 Å². The Kier molecular flexibility index (Phi) is 4.76. The maximum atomic E-state index is 14.2. The van der Waals surface area contributed by atoms with Crippen molar-refractivity contribution in [1.29, 1.82) is 0 Å². The van der Waals surface area contributed by atoms with Crippen molar-refractivity contribution in [2.24, 2.45) is 0 Å². The van der Waals surface area contributed by atoms with Gasteiger partial charge < -0.3 is 9.80 Å². The third-order valence-electron chi connectivity index (χ3n) is 4.27. The van der Waals surface area contributed by atoms with Crippen LogP contribution in [0.25, 0.3) is 0 Å². The van der Waals surface area contributed by atoms with Crippen molar-refractivity contribution in [3.05, 3.63) is 29.6 Å². The molecular formula is C16H23FN2O. The average Bonchev–Trinajstić information content (AvgIpc) is 2.46. The molecule has 0 radical (unpaired) electrons. The molecule has 20 heavy (non-hydrogen) atoms. The van der Waals surface area contributed by atoms with E-state index in [1.54, 1.807) is 12.1 Å². The van der Waals surface area contributed by atoms with Crippen LogP contribution in [0, 0.1) is 5.82 Å². The minimum Gasteiger partial charge on any atom is -0.369 e. The summed E-state index contributed by atoms with van der Waals surface area (Å²) >= 11 is 0. The molecule has 0 bridgehead atoms. The summed E-state index contributed by atoms with van der Waals surface area (Å²) in [7, 11) is 1.90. The minimum atomic E-state index is -0.307. The second-order valence-corrected chi connectivity index (χ2v) is 5.47. The molecule has 0 aromatic heterocycles. The van der Waals surface area contributed by atoms with Gasteiger partial charge in [0, 0.05) is 31.7 Å². The van der Waals surface area contributed by atoms with Gasteiger partial charge in [0.2, 0.25) is 0 Å². The van der Waals surface area contributed by atoms with E-state index < -0.39 is 0 Å². The van der Waals surface area contributed by atoms with E-state index in [0.29, 0.717) is 17.3 Å². The van der Waals surface area contributed by atoms with E-state index in [2.05, 4.69) is 11.8 Å². The van der Waals surface area contributed by atoms with Crippen LogP contribution in [0.15, 0.2) is 18.2 Å². The number of nitrogens with zero attached hydrogens (tertiary/aromatic N) is 2. The van der Waals surface area contributed by atoms with E-state index in [-0.39, 0.29) is 11.6 Å². The molecule has 1 aliphatic rings. The van der Waals surface area contributed by atoms with Gasteiger partial charge in [0.1, 0.15) is 5.82 Å². The maximum Gasteiger partial charge on any atom is 0.161 e. The zero-order valence-corrected chi connectivity index (χ0v) is 12.5. The van der Waals surface area contributed by atoms with Crippen LogP contribution < -0.4 is 4.90 Å². The minimum absolute atomic E-state index is 0.0858. The van der Waals surface area contributed by atoms with Crippen LogP contribution in [0.4, 0.5) is 10.1 Å². The van der Waals surface area contributed by atoms with Crippen LogP contribution in [0.2, 0.25) is 0 Å². The number of carbonyl (C=O) groups is 1. The number of likely N-dealkylation sites (tertiary alicyclic amines) is 1. The van der Waals surface area contributed by atoms with Gasteiger partial charge in [-0.05, 0) is 38.4 Å². The van der Waals surface area contributed by atoms with Crippen LogP contribution in [0.1, 0.15) is 37.0 Å². The van der Waals surface area contributed by atoms with Gasteiger partial charge in [0.05, 0.1) is 5.69 Å². The number of piperidine rings is 1. The summed E-state index contributed by atoms with van der Waals surface area (Å²) in [5.74, 6) is -0.393. The molecule has 0 unspecified atom stereocenters. The van der Waals surface area contributed by atoms with E-state index in [9.17, 15) is 9.18 Å². The summed E-state index contributed by atoms with van der Waals surface area (Å²) in [6.07, 6.45) is 2.02. The van der Waals surface area contributed by atoms with Gasteiger partial charge in [-0.25, -0.2) is 4.39 Å². The maximum absolute atomic E-state index is 14.2. The molecule has 0 N–H and O–H groups in total. The average molecular weight is 278 g/mol. The Bertz CT molecular complexity index is 481. The lowest BCUT2D eigenvalue weighted by molar-refractivity contribution is 0.101. The molecule has 110 valence electrons. The highest BCUT2D eigenvalue weighted by Gasteiger charge is 2.25. The van der Waals surface area contributed by atoms with Crippen LogP contribution in [-0.2, 0) is 0 Å². The van der Waals surface area contributed by atoms with Gasteiger partial charge in [-0.15, -0.1) is 0 Å². The smallest absolute Gasteiger partial charge is 0.161 e. The Morgan fingerprint density at radius 1 is 1.40 bits per heavy atom. The van der Waals surface area contributed by atoms with Crippen LogP contribution in [0.3, 0.4) is 0 Å². The normalized spacial score (nSPS) is 17.2. The molecule has 1 aliphatic heterocycles. The molecule has 1 heterocycles. The predicted octanol–water partition coefficient (Wildman–Crippen LogP) is 2.95. The first-order valence-electron chi connectivity index (χ1n) is 7.29. The summed E-state index contributed by atoms with van der Waals surface area (Å²) < 4.78 is 14.2. The molecular weight excluding hydrogens is 255 g/mol. The molecule has 1 fully saturated rings. The number of ketones is 1. The van der Waals surface area contributed by atoms with Gasteiger partial charge in [-0.3, -0.25) is 4.79 Å². The van der Waals surface area contributed by atoms with E-state index in [4.69, 9.17) is 0 Å². The molecule has 0 aliphatic carbocycles. The third kappa shape index (κ3) is 3.01. The van der Waals surface area contributed by atoms with Gasteiger partial charge in [-0.1, -0.05) is 13.0 Å². The Labute approximate surface area is 120 Å². The number of benzene rings is 1. The molecule has 3 nitrogen and oxygen atoms in total. The van der Waals surface area contributed by atoms with Gasteiger partial charge >= 0.3 is 0 Å². The topological polar surface area (TPSA) is 23.6 Å². The van der Waals surface area contributed by atoms with E-state index in [1.807, 2.05) is 11.9 Å². The van der Waals surface area contributed by atoms with Gasteiger partial charge in [0.15, 0.2) is 5.78 Å². The molecule has 0 amide bonds. The highest BCUT2D eigenvalue weighted by Crippen LogP contribution is 2.28. The molecule has 0 atom stereocenters. The lowest BCUT2D eigenvalue weighted by Crippen LogP contribution is -2.44. The molecule has 0 saturated carbocycles. The van der Waals surface area contributed by atoms with Crippen molar-refractivity contribution in [2.75, 3.05) is 31.6 Å². The lowest BCUT2D eigenvalue weighted by Gasteiger charge is -2.38. The zero-order chi connectivity index (χ0) is 14.7. The monoisotopic (exact) mass is 278 g/mol. The Morgan fingerprint density at radius 3 is 2.60 bits per heavy atom. The van der Waals surface area contributed by atoms with E-state index in [0.717, 1.165) is 32.5 Å². The lowest BCUT2D eigenvalue weighted by atomic mass is 10.0. The summed E-state index contributed by atoms with van der Waals surface area (Å²) in [6.45, 7) is 6.79. The van der Waals surface area contributed by atoms with Crippen molar-refractivity contribution in [3.8, 4) is 0 Å². The summed E-state index contributed by atoms with van der Waals surface area (Å²) in [5, 5.41) is 0. The summed E-state index contributed by atoms with van der Waals surface area (Å²) in [4.78, 5) is 16.1.